The Kier molecular flexibility index (Phi) is 2.33. The number of methoxy groups -OCH3 is 1. The first-order valence-corrected chi connectivity index (χ1v) is 4.47. The maximum Gasteiger partial charge on any atom is 0.142 e. The molecule has 0 fully saturated rings. The summed E-state index contributed by atoms with van der Waals surface area (Å²) >= 11 is 0. The highest BCUT2D eigenvalue weighted by Crippen LogP contribution is 2.24. The third kappa shape index (κ3) is 1.32. The van der Waals surface area contributed by atoms with Crippen molar-refractivity contribution in [3.05, 3.63) is 36.0 Å². The lowest BCUT2D eigenvalue weighted by Crippen LogP contribution is -2.01. The van der Waals surface area contributed by atoms with Crippen LogP contribution in [0.25, 0.3) is 10.9 Å². The monoisotopic (exact) mass is 188 g/mol. The SMILES string of the molecule is COc1cnc2ccccc2c1CN. The fourth-order valence-corrected chi connectivity index (χ4v) is 1.57. The van der Waals surface area contributed by atoms with Gasteiger partial charge >= 0.3 is 0 Å². The Morgan fingerprint density at radius 1 is 1.36 bits per heavy atom. The van der Waals surface area contributed by atoms with E-state index in [-0.39, 0.29) is 0 Å². The van der Waals surface area contributed by atoms with Crippen LogP contribution in [-0.2, 0) is 6.54 Å². The molecule has 3 heteroatoms. The lowest BCUT2D eigenvalue weighted by atomic mass is 10.1. The number of hydrogen-bond acceptors (Lipinski definition) is 3. The van der Waals surface area contributed by atoms with Crippen LogP contribution < -0.4 is 10.5 Å². The van der Waals surface area contributed by atoms with Crippen molar-refractivity contribution in [1.29, 1.82) is 0 Å². The van der Waals surface area contributed by atoms with Gasteiger partial charge in [0.15, 0.2) is 0 Å². The molecular weight excluding hydrogens is 176 g/mol. The molecule has 0 aliphatic rings. The van der Waals surface area contributed by atoms with Crippen molar-refractivity contribution >= 4 is 10.9 Å². The van der Waals surface area contributed by atoms with E-state index in [1.165, 1.54) is 0 Å². The van der Waals surface area contributed by atoms with Gasteiger partial charge in [0, 0.05) is 17.5 Å². The molecule has 0 atom stereocenters. The summed E-state index contributed by atoms with van der Waals surface area (Å²) in [5.41, 5.74) is 7.65. The molecule has 1 aromatic heterocycles. The molecule has 0 bridgehead atoms. The molecule has 14 heavy (non-hydrogen) atoms. The Balaban J connectivity index is 2.77. The van der Waals surface area contributed by atoms with E-state index in [1.54, 1.807) is 13.3 Å². The second-order valence-electron chi connectivity index (χ2n) is 3.03. The van der Waals surface area contributed by atoms with Gasteiger partial charge in [-0.3, -0.25) is 4.98 Å². The molecule has 2 N–H and O–H groups in total. The van der Waals surface area contributed by atoms with Gasteiger partial charge in [-0.2, -0.15) is 0 Å². The van der Waals surface area contributed by atoms with Crippen molar-refractivity contribution in [3.8, 4) is 5.75 Å². The molecule has 0 amide bonds. The number of hydrogen-bond donors (Lipinski definition) is 1. The van der Waals surface area contributed by atoms with Crippen molar-refractivity contribution in [2.24, 2.45) is 5.73 Å². The van der Waals surface area contributed by atoms with Gasteiger partial charge in [-0.05, 0) is 6.07 Å². The van der Waals surface area contributed by atoms with E-state index in [1.807, 2.05) is 24.3 Å². The van der Waals surface area contributed by atoms with E-state index in [0.717, 1.165) is 22.2 Å². The highest BCUT2D eigenvalue weighted by atomic mass is 16.5. The summed E-state index contributed by atoms with van der Waals surface area (Å²) in [6.07, 6.45) is 1.71. The Hall–Kier alpha value is -1.61. The third-order valence-electron chi connectivity index (χ3n) is 2.27. The van der Waals surface area contributed by atoms with Crippen LogP contribution in [0.15, 0.2) is 30.5 Å². The lowest BCUT2D eigenvalue weighted by Gasteiger charge is -2.08. The molecular formula is C11H12N2O. The summed E-state index contributed by atoms with van der Waals surface area (Å²) in [5, 5.41) is 1.06. The molecule has 2 aromatic rings. The van der Waals surface area contributed by atoms with Gasteiger partial charge in [0.05, 0.1) is 18.8 Å². The van der Waals surface area contributed by atoms with Crippen molar-refractivity contribution in [3.63, 3.8) is 0 Å². The first kappa shape index (κ1) is 8.97. The number of nitrogens with zero attached hydrogens (tertiary/aromatic N) is 1. The molecule has 0 unspecified atom stereocenters. The van der Waals surface area contributed by atoms with Gasteiger partial charge in [0.1, 0.15) is 5.75 Å². The Labute approximate surface area is 82.5 Å². The quantitative estimate of drug-likeness (QED) is 0.780. The molecule has 0 saturated carbocycles. The number of fused-ring (bicyclic) bond motifs is 1. The molecule has 0 radical (unpaired) electrons. The minimum atomic E-state index is 0.464. The Morgan fingerprint density at radius 3 is 2.86 bits per heavy atom. The second-order valence-corrected chi connectivity index (χ2v) is 3.03. The van der Waals surface area contributed by atoms with Crippen molar-refractivity contribution < 1.29 is 4.74 Å². The molecule has 0 saturated heterocycles. The molecule has 1 aromatic carbocycles. The highest BCUT2D eigenvalue weighted by molar-refractivity contribution is 5.83. The van der Waals surface area contributed by atoms with Crippen LogP contribution in [0.5, 0.6) is 5.75 Å². The predicted molar refractivity (Wildman–Crippen MR) is 56.2 cm³/mol. The van der Waals surface area contributed by atoms with Crippen LogP contribution in [0, 0.1) is 0 Å². The van der Waals surface area contributed by atoms with E-state index in [4.69, 9.17) is 10.5 Å². The third-order valence-corrected chi connectivity index (χ3v) is 2.27. The number of ether oxygens (including phenoxy) is 1. The first-order valence-electron chi connectivity index (χ1n) is 4.47. The smallest absolute Gasteiger partial charge is 0.142 e. The topological polar surface area (TPSA) is 48.1 Å². The summed E-state index contributed by atoms with van der Waals surface area (Å²) in [7, 11) is 1.63. The van der Waals surface area contributed by atoms with Gasteiger partial charge in [-0.1, -0.05) is 18.2 Å². The van der Waals surface area contributed by atoms with Gasteiger partial charge in [-0.15, -0.1) is 0 Å². The van der Waals surface area contributed by atoms with E-state index in [2.05, 4.69) is 4.98 Å². The second kappa shape index (κ2) is 3.64. The average molecular weight is 188 g/mol. The van der Waals surface area contributed by atoms with Crippen molar-refractivity contribution in [2.45, 2.75) is 6.54 Å². The van der Waals surface area contributed by atoms with Crippen LogP contribution in [0.4, 0.5) is 0 Å². The summed E-state index contributed by atoms with van der Waals surface area (Å²) in [4.78, 5) is 4.28. The Bertz CT molecular complexity index is 454. The maximum atomic E-state index is 5.68. The number of nitrogens with two attached hydrogens (primary N) is 1. The maximum absolute atomic E-state index is 5.68. The van der Waals surface area contributed by atoms with Crippen molar-refractivity contribution in [2.75, 3.05) is 7.11 Å². The minimum Gasteiger partial charge on any atom is -0.495 e. The zero-order chi connectivity index (χ0) is 9.97. The van der Waals surface area contributed by atoms with Crippen LogP contribution in [-0.4, -0.2) is 12.1 Å². The van der Waals surface area contributed by atoms with E-state index < -0.39 is 0 Å². The fraction of sp³-hybridized carbons (Fsp3) is 0.182. The zero-order valence-electron chi connectivity index (χ0n) is 8.03. The largest absolute Gasteiger partial charge is 0.495 e. The number of para-hydroxylation sites is 1. The molecule has 0 aliphatic heterocycles. The Morgan fingerprint density at radius 2 is 2.14 bits per heavy atom. The van der Waals surface area contributed by atoms with Crippen molar-refractivity contribution in [1.82, 2.24) is 4.98 Å². The number of rotatable bonds is 2. The van der Waals surface area contributed by atoms with E-state index in [0.29, 0.717) is 6.54 Å². The summed E-state index contributed by atoms with van der Waals surface area (Å²) in [6.45, 7) is 0.464. The molecule has 0 spiro atoms. The summed E-state index contributed by atoms with van der Waals surface area (Å²) in [5.74, 6) is 0.756. The van der Waals surface area contributed by atoms with Crippen LogP contribution in [0.3, 0.4) is 0 Å². The van der Waals surface area contributed by atoms with Crippen LogP contribution in [0.1, 0.15) is 5.56 Å². The average Bonchev–Trinajstić information content (AvgIpc) is 2.27. The van der Waals surface area contributed by atoms with E-state index >= 15 is 0 Å². The zero-order valence-corrected chi connectivity index (χ0v) is 8.03. The lowest BCUT2D eigenvalue weighted by molar-refractivity contribution is 0.409. The predicted octanol–water partition coefficient (Wildman–Crippen LogP) is 1.70. The highest BCUT2D eigenvalue weighted by Gasteiger charge is 2.06. The molecule has 1 heterocycles. The summed E-state index contributed by atoms with van der Waals surface area (Å²) in [6, 6.07) is 7.91. The standard InChI is InChI=1S/C11H12N2O/c1-14-11-7-13-10-5-3-2-4-8(10)9(11)6-12/h2-5,7H,6,12H2,1H3. The van der Waals surface area contributed by atoms with E-state index in [9.17, 15) is 0 Å². The molecule has 0 aliphatic carbocycles. The van der Waals surface area contributed by atoms with Gasteiger partial charge in [0.25, 0.3) is 0 Å². The number of benzene rings is 1. The van der Waals surface area contributed by atoms with Crippen LogP contribution in [0.2, 0.25) is 0 Å². The normalized spacial score (nSPS) is 10.4. The van der Waals surface area contributed by atoms with Gasteiger partial charge in [0.2, 0.25) is 0 Å². The minimum absolute atomic E-state index is 0.464. The van der Waals surface area contributed by atoms with Gasteiger partial charge < -0.3 is 10.5 Å². The molecule has 72 valence electrons. The number of pyridine rings is 1. The molecule has 2 rings (SSSR count). The fourth-order valence-electron chi connectivity index (χ4n) is 1.57. The summed E-state index contributed by atoms with van der Waals surface area (Å²) < 4.78 is 5.20. The molecule has 3 nitrogen and oxygen atoms in total. The van der Waals surface area contributed by atoms with Gasteiger partial charge in [-0.25, -0.2) is 0 Å². The first-order chi connectivity index (χ1) is 6.86. The van der Waals surface area contributed by atoms with Crippen LogP contribution >= 0.6 is 0 Å². The number of aromatic nitrogens is 1.